The van der Waals surface area contributed by atoms with E-state index in [0.717, 1.165) is 5.96 Å². The van der Waals surface area contributed by atoms with Crippen molar-refractivity contribution in [2.45, 2.75) is 6.42 Å². The SMILES string of the molecule is CN(C)C(=NCCc1ccccc1F)N(C)C.I. The summed E-state index contributed by atoms with van der Waals surface area (Å²) in [6.45, 7) is 0.590. The van der Waals surface area contributed by atoms with Gasteiger partial charge in [-0.25, -0.2) is 4.39 Å². The van der Waals surface area contributed by atoms with Gasteiger partial charge in [-0.05, 0) is 18.1 Å². The molecule has 0 saturated carbocycles. The highest BCUT2D eigenvalue weighted by atomic mass is 127. The zero-order valence-corrected chi connectivity index (χ0v) is 13.7. The van der Waals surface area contributed by atoms with Crippen molar-refractivity contribution >= 4 is 29.9 Å². The molecule has 0 saturated heterocycles. The van der Waals surface area contributed by atoms with Crippen molar-refractivity contribution in [1.29, 1.82) is 0 Å². The fourth-order valence-corrected chi connectivity index (χ4v) is 1.66. The number of aliphatic imine (C=N–C) groups is 1. The second-order valence-electron chi connectivity index (χ2n) is 4.31. The second kappa shape index (κ2) is 8.29. The van der Waals surface area contributed by atoms with E-state index in [1.54, 1.807) is 12.1 Å². The Kier molecular flexibility index (Phi) is 7.90. The van der Waals surface area contributed by atoms with Crippen molar-refractivity contribution in [2.24, 2.45) is 4.99 Å². The van der Waals surface area contributed by atoms with Gasteiger partial charge in [0.2, 0.25) is 0 Å². The van der Waals surface area contributed by atoms with Gasteiger partial charge in [-0.1, -0.05) is 18.2 Å². The first-order valence-corrected chi connectivity index (χ1v) is 5.65. The monoisotopic (exact) mass is 365 g/mol. The normalized spacial score (nSPS) is 9.39. The summed E-state index contributed by atoms with van der Waals surface area (Å²) >= 11 is 0. The lowest BCUT2D eigenvalue weighted by Crippen LogP contribution is -2.35. The van der Waals surface area contributed by atoms with Gasteiger partial charge in [-0.2, -0.15) is 0 Å². The molecule has 0 N–H and O–H groups in total. The first kappa shape index (κ1) is 17.2. The summed E-state index contributed by atoms with van der Waals surface area (Å²) in [7, 11) is 7.79. The molecule has 102 valence electrons. The predicted octanol–water partition coefficient (Wildman–Crippen LogP) is 2.47. The molecule has 0 aliphatic heterocycles. The second-order valence-corrected chi connectivity index (χ2v) is 4.31. The molecular formula is C13H21FIN3. The molecule has 0 spiro atoms. The van der Waals surface area contributed by atoms with Gasteiger partial charge in [0, 0.05) is 34.7 Å². The Hall–Kier alpha value is -0.850. The third-order valence-electron chi connectivity index (χ3n) is 2.39. The number of nitrogens with zero attached hydrogens (tertiary/aromatic N) is 3. The number of hydrogen-bond donors (Lipinski definition) is 0. The molecule has 1 rings (SSSR count). The maximum atomic E-state index is 13.4. The van der Waals surface area contributed by atoms with Crippen molar-refractivity contribution in [3.8, 4) is 0 Å². The van der Waals surface area contributed by atoms with E-state index in [0.29, 0.717) is 18.5 Å². The fourth-order valence-electron chi connectivity index (χ4n) is 1.66. The van der Waals surface area contributed by atoms with Crippen LogP contribution in [0.1, 0.15) is 5.56 Å². The molecule has 0 aromatic heterocycles. The van der Waals surface area contributed by atoms with Crippen LogP contribution in [0.5, 0.6) is 0 Å². The van der Waals surface area contributed by atoms with E-state index >= 15 is 0 Å². The van der Waals surface area contributed by atoms with E-state index in [4.69, 9.17) is 0 Å². The lowest BCUT2D eigenvalue weighted by atomic mass is 10.1. The van der Waals surface area contributed by atoms with Gasteiger partial charge in [-0.15, -0.1) is 24.0 Å². The molecule has 0 amide bonds. The van der Waals surface area contributed by atoms with Crippen LogP contribution in [0.3, 0.4) is 0 Å². The maximum absolute atomic E-state index is 13.4. The molecule has 1 aromatic rings. The first-order valence-electron chi connectivity index (χ1n) is 5.65. The summed E-state index contributed by atoms with van der Waals surface area (Å²) in [5, 5.41) is 0. The summed E-state index contributed by atoms with van der Waals surface area (Å²) in [6, 6.07) is 6.84. The number of hydrogen-bond acceptors (Lipinski definition) is 1. The average Bonchev–Trinajstić information content (AvgIpc) is 2.25. The van der Waals surface area contributed by atoms with E-state index in [9.17, 15) is 4.39 Å². The Morgan fingerprint density at radius 2 is 1.67 bits per heavy atom. The van der Waals surface area contributed by atoms with Gasteiger partial charge in [0.25, 0.3) is 0 Å². The number of rotatable bonds is 3. The van der Waals surface area contributed by atoms with Crippen LogP contribution >= 0.6 is 24.0 Å². The summed E-state index contributed by atoms with van der Waals surface area (Å²) in [6.07, 6.45) is 0.623. The molecule has 3 nitrogen and oxygen atoms in total. The van der Waals surface area contributed by atoms with Gasteiger partial charge in [0.05, 0.1) is 0 Å². The zero-order chi connectivity index (χ0) is 12.8. The Balaban J connectivity index is 0.00000289. The summed E-state index contributed by atoms with van der Waals surface area (Å²) in [4.78, 5) is 8.35. The minimum atomic E-state index is -0.154. The molecule has 0 atom stereocenters. The molecule has 0 aliphatic carbocycles. The summed E-state index contributed by atoms with van der Waals surface area (Å²) in [5.41, 5.74) is 0.716. The van der Waals surface area contributed by atoms with Crippen molar-refractivity contribution in [2.75, 3.05) is 34.7 Å². The van der Waals surface area contributed by atoms with Gasteiger partial charge in [0.1, 0.15) is 5.82 Å². The van der Waals surface area contributed by atoms with Crippen LogP contribution < -0.4 is 0 Å². The molecule has 1 aromatic carbocycles. The molecule has 5 heteroatoms. The Bertz CT molecular complexity index is 382. The molecule has 0 bridgehead atoms. The Labute approximate surface area is 126 Å². The number of benzene rings is 1. The van der Waals surface area contributed by atoms with Crippen LogP contribution in [0.4, 0.5) is 4.39 Å². The highest BCUT2D eigenvalue weighted by Gasteiger charge is 2.04. The Morgan fingerprint density at radius 3 is 2.17 bits per heavy atom. The van der Waals surface area contributed by atoms with Gasteiger partial charge in [0.15, 0.2) is 5.96 Å². The van der Waals surface area contributed by atoms with Crippen molar-refractivity contribution in [1.82, 2.24) is 9.80 Å². The fraction of sp³-hybridized carbons (Fsp3) is 0.462. The number of guanidine groups is 1. The van der Waals surface area contributed by atoms with Crippen LogP contribution in [-0.2, 0) is 6.42 Å². The predicted molar refractivity (Wildman–Crippen MR) is 85.2 cm³/mol. The van der Waals surface area contributed by atoms with Crippen LogP contribution in [0, 0.1) is 5.82 Å². The highest BCUT2D eigenvalue weighted by molar-refractivity contribution is 14.0. The molecule has 0 fully saturated rings. The van der Waals surface area contributed by atoms with Crippen LogP contribution in [-0.4, -0.2) is 50.5 Å². The van der Waals surface area contributed by atoms with Gasteiger partial charge < -0.3 is 9.80 Å². The minimum Gasteiger partial charge on any atom is -0.349 e. The molecule has 0 heterocycles. The average molecular weight is 365 g/mol. The third-order valence-corrected chi connectivity index (χ3v) is 2.39. The van der Waals surface area contributed by atoms with Crippen LogP contribution in [0.15, 0.2) is 29.3 Å². The topological polar surface area (TPSA) is 18.8 Å². The molecule has 0 aliphatic rings. The van der Waals surface area contributed by atoms with Crippen LogP contribution in [0.2, 0.25) is 0 Å². The quantitative estimate of drug-likeness (QED) is 0.466. The van der Waals surface area contributed by atoms with E-state index in [2.05, 4.69) is 4.99 Å². The smallest absolute Gasteiger partial charge is 0.195 e. The maximum Gasteiger partial charge on any atom is 0.195 e. The zero-order valence-electron chi connectivity index (χ0n) is 11.4. The van der Waals surface area contributed by atoms with Crippen LogP contribution in [0.25, 0.3) is 0 Å². The minimum absolute atomic E-state index is 0. The molecule has 0 unspecified atom stereocenters. The van der Waals surface area contributed by atoms with E-state index in [1.165, 1.54) is 6.07 Å². The van der Waals surface area contributed by atoms with Gasteiger partial charge in [-0.3, -0.25) is 4.99 Å². The highest BCUT2D eigenvalue weighted by Crippen LogP contribution is 2.07. The standard InChI is InChI=1S/C13H20FN3.HI/c1-16(2)13(17(3)4)15-10-9-11-7-5-6-8-12(11)14;/h5-8H,9-10H2,1-4H3;1H. The lowest BCUT2D eigenvalue weighted by molar-refractivity contribution is 0.479. The largest absolute Gasteiger partial charge is 0.349 e. The van der Waals surface area contributed by atoms with Gasteiger partial charge >= 0.3 is 0 Å². The van der Waals surface area contributed by atoms with E-state index < -0.39 is 0 Å². The molecular weight excluding hydrogens is 344 g/mol. The van der Waals surface area contributed by atoms with E-state index in [-0.39, 0.29) is 29.8 Å². The third kappa shape index (κ3) is 5.20. The Morgan fingerprint density at radius 1 is 1.11 bits per heavy atom. The molecule has 0 radical (unpaired) electrons. The van der Waals surface area contributed by atoms with Crippen molar-refractivity contribution in [3.63, 3.8) is 0 Å². The summed E-state index contributed by atoms with van der Waals surface area (Å²) < 4.78 is 13.4. The first-order chi connectivity index (χ1) is 8.02. The lowest BCUT2D eigenvalue weighted by Gasteiger charge is -2.22. The molecule has 18 heavy (non-hydrogen) atoms. The van der Waals surface area contributed by atoms with Crippen molar-refractivity contribution in [3.05, 3.63) is 35.6 Å². The van der Waals surface area contributed by atoms with E-state index in [1.807, 2.05) is 44.1 Å². The van der Waals surface area contributed by atoms with Crippen molar-refractivity contribution < 1.29 is 4.39 Å². The summed E-state index contributed by atoms with van der Waals surface area (Å²) in [5.74, 6) is 0.736. The number of halogens is 2.